The number of nitrogens with zero attached hydrogens (tertiary/aromatic N) is 6. The number of nitrogens with one attached hydrogen (secondary N) is 2. The van der Waals surface area contributed by atoms with Gasteiger partial charge in [0.1, 0.15) is 5.52 Å². The third-order valence-electron chi connectivity index (χ3n) is 8.04. The van der Waals surface area contributed by atoms with Crippen molar-refractivity contribution in [2.45, 2.75) is 42.7 Å². The Bertz CT molecular complexity index is 1820. The summed E-state index contributed by atoms with van der Waals surface area (Å²) in [5.74, 6) is 0.963. The van der Waals surface area contributed by atoms with Gasteiger partial charge in [0.2, 0.25) is 5.13 Å². The van der Waals surface area contributed by atoms with Gasteiger partial charge in [-0.05, 0) is 55.7 Å². The molecule has 2 fully saturated rings. The summed E-state index contributed by atoms with van der Waals surface area (Å²) in [6.45, 7) is 0. The minimum atomic E-state index is -3.78. The first kappa shape index (κ1) is 25.0. The fraction of sp³-hybridized carbons (Fsp3) is 0.346. The first-order valence-corrected chi connectivity index (χ1v) is 15.2. The third kappa shape index (κ3) is 4.18. The maximum Gasteiger partial charge on any atom is 0.329 e. The van der Waals surface area contributed by atoms with Crippen molar-refractivity contribution in [2.24, 2.45) is 11.8 Å². The van der Waals surface area contributed by atoms with Gasteiger partial charge in [0, 0.05) is 35.2 Å². The SMILES string of the molecule is COc1nsc(NC(=O)N[C@H]2C[C@@H]3C[C@@H](n4cnc5cnc6c(ccn6S(=O)(=O)c6ccccc6)c54)C[C@@H]3C2)n1. The van der Waals surface area contributed by atoms with E-state index in [4.69, 9.17) is 4.74 Å². The number of methoxy groups -OCH3 is 1. The molecule has 4 heterocycles. The van der Waals surface area contributed by atoms with Crippen molar-refractivity contribution in [3.8, 4) is 6.01 Å². The molecule has 4 atom stereocenters. The van der Waals surface area contributed by atoms with Crippen LogP contribution < -0.4 is 15.4 Å². The lowest BCUT2D eigenvalue weighted by molar-refractivity contribution is 0.247. The number of imidazole rings is 1. The molecular formula is C26H26N8O4S2. The van der Waals surface area contributed by atoms with Crippen molar-refractivity contribution in [3.05, 3.63) is 55.1 Å². The molecule has 0 radical (unpaired) electrons. The molecule has 2 N–H and O–H groups in total. The Balaban J connectivity index is 1.08. The van der Waals surface area contributed by atoms with E-state index in [1.165, 1.54) is 11.1 Å². The highest BCUT2D eigenvalue weighted by Crippen LogP contribution is 2.49. The Morgan fingerprint density at radius 1 is 1.07 bits per heavy atom. The first-order valence-electron chi connectivity index (χ1n) is 13.0. The lowest BCUT2D eigenvalue weighted by Crippen LogP contribution is -2.36. The zero-order valence-electron chi connectivity index (χ0n) is 21.5. The van der Waals surface area contributed by atoms with Gasteiger partial charge in [-0.2, -0.15) is 4.98 Å². The highest BCUT2D eigenvalue weighted by Gasteiger charge is 2.43. The fourth-order valence-corrected chi connectivity index (χ4v) is 8.21. The number of hydrogen-bond acceptors (Lipinski definition) is 9. The van der Waals surface area contributed by atoms with E-state index in [0.29, 0.717) is 22.6 Å². The number of rotatable bonds is 6. The van der Waals surface area contributed by atoms with Gasteiger partial charge in [0.25, 0.3) is 10.0 Å². The third-order valence-corrected chi connectivity index (χ3v) is 10.3. The van der Waals surface area contributed by atoms with Crippen molar-refractivity contribution in [1.82, 2.24) is 33.2 Å². The zero-order valence-corrected chi connectivity index (χ0v) is 23.1. The number of fused-ring (bicyclic) bond motifs is 4. The van der Waals surface area contributed by atoms with Crippen LogP contribution in [-0.2, 0) is 10.0 Å². The van der Waals surface area contributed by atoms with E-state index in [1.807, 2.05) is 12.4 Å². The van der Waals surface area contributed by atoms with E-state index >= 15 is 0 Å². The van der Waals surface area contributed by atoms with Gasteiger partial charge in [-0.1, -0.05) is 18.2 Å². The Morgan fingerprint density at radius 2 is 1.85 bits per heavy atom. The summed E-state index contributed by atoms with van der Waals surface area (Å²) >= 11 is 1.07. The van der Waals surface area contributed by atoms with E-state index in [-0.39, 0.29) is 29.0 Å². The second-order valence-electron chi connectivity index (χ2n) is 10.3. The van der Waals surface area contributed by atoms with Gasteiger partial charge in [0.05, 0.1) is 30.0 Å². The number of carbonyl (C=O) groups is 1. The van der Waals surface area contributed by atoms with Crippen molar-refractivity contribution in [1.29, 1.82) is 0 Å². The summed E-state index contributed by atoms with van der Waals surface area (Å²) in [5, 5.41) is 6.96. The number of pyridine rings is 1. The molecule has 0 saturated heterocycles. The number of urea groups is 1. The molecule has 0 unspecified atom stereocenters. The molecule has 4 aromatic heterocycles. The van der Waals surface area contributed by atoms with E-state index in [9.17, 15) is 13.2 Å². The molecule has 206 valence electrons. The molecule has 5 aromatic rings. The van der Waals surface area contributed by atoms with Crippen molar-refractivity contribution in [3.63, 3.8) is 0 Å². The van der Waals surface area contributed by atoms with Gasteiger partial charge < -0.3 is 14.6 Å². The molecule has 0 bridgehead atoms. The molecule has 2 aliphatic carbocycles. The number of anilines is 1. The predicted molar refractivity (Wildman–Crippen MR) is 149 cm³/mol. The van der Waals surface area contributed by atoms with Crippen LogP contribution in [0, 0.1) is 11.8 Å². The van der Waals surface area contributed by atoms with Crippen LogP contribution in [0.3, 0.4) is 0 Å². The Morgan fingerprint density at radius 3 is 2.58 bits per heavy atom. The Labute approximate surface area is 233 Å². The number of aromatic nitrogens is 6. The van der Waals surface area contributed by atoms with Gasteiger partial charge in [-0.15, -0.1) is 4.37 Å². The molecule has 2 amide bonds. The van der Waals surface area contributed by atoms with Crippen LogP contribution in [0.5, 0.6) is 6.01 Å². The van der Waals surface area contributed by atoms with Gasteiger partial charge in [-0.3, -0.25) is 5.32 Å². The lowest BCUT2D eigenvalue weighted by Gasteiger charge is -2.18. The molecule has 7 rings (SSSR count). The van der Waals surface area contributed by atoms with E-state index in [0.717, 1.165) is 53.6 Å². The van der Waals surface area contributed by atoms with Gasteiger partial charge in [0.15, 0.2) is 5.65 Å². The number of ether oxygens (including phenoxy) is 1. The molecule has 14 heteroatoms. The normalized spacial score (nSPS) is 22.5. The smallest absolute Gasteiger partial charge is 0.329 e. The highest BCUT2D eigenvalue weighted by molar-refractivity contribution is 7.90. The summed E-state index contributed by atoms with van der Waals surface area (Å²) in [7, 11) is -2.30. The topological polar surface area (TPSA) is 146 Å². The van der Waals surface area contributed by atoms with Crippen molar-refractivity contribution < 1.29 is 17.9 Å². The molecule has 40 heavy (non-hydrogen) atoms. The maximum atomic E-state index is 13.3. The predicted octanol–water partition coefficient (Wildman–Crippen LogP) is 4.03. The second kappa shape index (κ2) is 9.55. The monoisotopic (exact) mass is 578 g/mol. The van der Waals surface area contributed by atoms with Crippen molar-refractivity contribution in [2.75, 3.05) is 12.4 Å². The quantitative estimate of drug-likeness (QED) is 0.307. The highest BCUT2D eigenvalue weighted by atomic mass is 32.2. The Kier molecular flexibility index (Phi) is 5.96. The van der Waals surface area contributed by atoms with E-state index < -0.39 is 10.0 Å². The number of carbonyl (C=O) groups excluding carboxylic acids is 1. The molecule has 2 aliphatic rings. The minimum absolute atomic E-state index is 0.0958. The summed E-state index contributed by atoms with van der Waals surface area (Å²) < 4.78 is 39.1. The number of hydrogen-bond donors (Lipinski definition) is 2. The largest absolute Gasteiger partial charge is 0.466 e. The molecule has 0 spiro atoms. The standard InChI is InChI=1S/C26H26N8O4S2/c1-38-25-31-26(39-32-25)30-24(35)29-17-9-15-11-18(12-16(15)10-17)33-14-28-21-13-27-23-20(22(21)33)7-8-34(23)40(36,37)19-5-3-2-4-6-19/h2-8,13-18H,9-12H2,1H3,(H2,29,30,31,32,35)/t15-,16+,17+,18-. The molecule has 2 saturated carbocycles. The lowest BCUT2D eigenvalue weighted by atomic mass is 10.0. The van der Waals surface area contributed by atoms with Crippen molar-refractivity contribution >= 4 is 54.8 Å². The van der Waals surface area contributed by atoms with Crippen LogP contribution in [0.1, 0.15) is 31.7 Å². The van der Waals surface area contributed by atoms with Crippen LogP contribution in [0.4, 0.5) is 9.93 Å². The summed E-state index contributed by atoms with van der Waals surface area (Å²) in [4.78, 5) is 25.9. The Hall–Kier alpha value is -4.04. The first-order chi connectivity index (χ1) is 19.4. The number of benzene rings is 1. The molecule has 0 aliphatic heterocycles. The summed E-state index contributed by atoms with van der Waals surface area (Å²) in [6.07, 6.45) is 8.81. The molecular weight excluding hydrogens is 552 g/mol. The van der Waals surface area contributed by atoms with Crippen LogP contribution in [0.2, 0.25) is 0 Å². The average molecular weight is 579 g/mol. The van der Waals surface area contributed by atoms with Crippen LogP contribution >= 0.6 is 11.5 Å². The fourth-order valence-electron chi connectivity index (χ4n) is 6.36. The summed E-state index contributed by atoms with van der Waals surface area (Å²) in [5.41, 5.74) is 2.03. The second-order valence-corrected chi connectivity index (χ2v) is 12.9. The van der Waals surface area contributed by atoms with Gasteiger partial charge >= 0.3 is 12.0 Å². The molecule has 1 aromatic carbocycles. The van der Waals surface area contributed by atoms with Gasteiger partial charge in [-0.25, -0.2) is 27.2 Å². The summed E-state index contributed by atoms with van der Waals surface area (Å²) in [6, 6.07) is 10.5. The molecule has 12 nitrogen and oxygen atoms in total. The number of amides is 2. The maximum absolute atomic E-state index is 13.3. The van der Waals surface area contributed by atoms with E-state index in [2.05, 4.69) is 34.5 Å². The van der Waals surface area contributed by atoms with Crippen LogP contribution in [-0.4, -0.2) is 55.5 Å². The van der Waals surface area contributed by atoms with Crippen LogP contribution in [0.15, 0.2) is 60.0 Å². The zero-order chi connectivity index (χ0) is 27.4. The van der Waals surface area contributed by atoms with E-state index in [1.54, 1.807) is 42.7 Å². The van der Waals surface area contributed by atoms with Crippen LogP contribution in [0.25, 0.3) is 22.1 Å². The minimum Gasteiger partial charge on any atom is -0.466 e. The average Bonchev–Trinajstić information content (AvgIpc) is 3.76.